The van der Waals surface area contributed by atoms with Crippen LogP contribution in [0.1, 0.15) is 0 Å². The van der Waals surface area contributed by atoms with Crippen molar-refractivity contribution < 1.29 is 31.2 Å². The summed E-state index contributed by atoms with van der Waals surface area (Å²) in [4.78, 5) is 1.28. The summed E-state index contributed by atoms with van der Waals surface area (Å²) in [5.41, 5.74) is 0. The summed E-state index contributed by atoms with van der Waals surface area (Å²) >= 11 is 1.51. The van der Waals surface area contributed by atoms with Crippen LogP contribution in [-0.4, -0.2) is 0 Å². The molecule has 69 valence electrons. The van der Waals surface area contributed by atoms with Crippen molar-refractivity contribution in [1.29, 1.82) is 0 Å². The molecule has 2 heteroatoms. The van der Waals surface area contributed by atoms with E-state index in [-0.39, 0.29) is 16.5 Å². The molecular weight excluding hydrogens is 238 g/mol. The predicted molar refractivity (Wildman–Crippen MR) is 44.1 cm³/mol. The second kappa shape index (κ2) is 4.86. The van der Waals surface area contributed by atoms with Gasteiger partial charge in [-0.2, -0.15) is 0 Å². The average molecular weight is 248 g/mol. The molecule has 0 unspecified atom stereocenters. The molecule has 0 heterocycles. The number of hydrogen-bond donors (Lipinski definition) is 0. The van der Waals surface area contributed by atoms with Crippen LogP contribution in [0.15, 0.2) is 48.6 Å². The number of rotatable bonds is 2. The van der Waals surface area contributed by atoms with E-state index in [1.807, 2.05) is 0 Å². The summed E-state index contributed by atoms with van der Waals surface area (Å²) in [6.45, 7) is 0. The Bertz CT molecular complexity index is 201. The molecule has 0 spiro atoms. The van der Waals surface area contributed by atoms with Gasteiger partial charge in [-0.1, -0.05) is 0 Å². The van der Waals surface area contributed by atoms with Crippen molar-refractivity contribution in [2.24, 2.45) is 0 Å². The van der Waals surface area contributed by atoms with E-state index in [0.29, 0.717) is 9.70 Å². The first-order valence-electron chi connectivity index (χ1n) is 3.72. The molecule has 0 aromatic heterocycles. The summed E-state index contributed by atoms with van der Waals surface area (Å²) in [7, 11) is 0. The van der Waals surface area contributed by atoms with Crippen LogP contribution in [0.5, 0.6) is 0 Å². The van der Waals surface area contributed by atoms with Crippen molar-refractivity contribution in [2.45, 2.75) is 9.70 Å². The largest absolute Gasteiger partial charge is 0 e. The molecule has 2 aliphatic rings. The molecule has 0 fully saturated rings. The zero-order valence-corrected chi connectivity index (χ0v) is 8.45. The third-order valence-electron chi connectivity index (χ3n) is 1.62. The molecule has 0 nitrogen and oxygen atoms in total. The zero-order valence-electron chi connectivity index (χ0n) is 6.42. The van der Waals surface area contributed by atoms with Crippen molar-refractivity contribution in [3.8, 4) is 0 Å². The molecule has 0 atom stereocenters. The van der Waals surface area contributed by atoms with E-state index in [0.717, 1.165) is 0 Å². The minimum atomic E-state index is 0. The van der Waals surface area contributed by atoms with E-state index in [2.05, 4.69) is 48.6 Å². The normalized spacial score (nSPS) is 21.0. The molecule has 0 radical (unpaired) electrons. The summed E-state index contributed by atoms with van der Waals surface area (Å²) in [6.07, 6.45) is 17.5. The molecule has 0 amide bonds. The van der Waals surface area contributed by atoms with Gasteiger partial charge in [-0.3, -0.25) is 0 Å². The smallest absolute Gasteiger partial charge is 0 e. The van der Waals surface area contributed by atoms with Crippen LogP contribution in [0.4, 0.5) is 0 Å². The SMILES string of the molecule is C1=C[CH]([Co][CH]2C=CC=C2)C=C1.[Ni]. The Morgan fingerprint density at radius 1 is 0.667 bits per heavy atom. The Balaban J connectivity index is 0.000000720. The minimum absolute atomic E-state index is 0. The number of allylic oxidation sites excluding steroid dienone is 8. The first-order valence-corrected chi connectivity index (χ1v) is 4.92. The molecule has 0 N–H and O–H groups in total. The van der Waals surface area contributed by atoms with Gasteiger partial charge in [0.15, 0.2) is 0 Å². The van der Waals surface area contributed by atoms with Crippen molar-refractivity contribution >= 4 is 0 Å². The topological polar surface area (TPSA) is 0 Å². The Morgan fingerprint density at radius 2 is 1.00 bits per heavy atom. The van der Waals surface area contributed by atoms with E-state index in [4.69, 9.17) is 0 Å². The van der Waals surface area contributed by atoms with Gasteiger partial charge in [0.25, 0.3) is 0 Å². The van der Waals surface area contributed by atoms with Crippen molar-refractivity contribution in [1.82, 2.24) is 0 Å². The molecule has 0 aromatic carbocycles. The summed E-state index contributed by atoms with van der Waals surface area (Å²) < 4.78 is 0. The third-order valence-corrected chi connectivity index (χ3v) is 3.23. The fourth-order valence-electron chi connectivity index (χ4n) is 1.09. The standard InChI is InChI=1S/2C5H5.Co.Ni/c2*1-2-4-5-3-1;;/h2*1-5H;;. The Kier molecular flexibility index (Phi) is 4.07. The van der Waals surface area contributed by atoms with E-state index in [9.17, 15) is 0 Å². The molecule has 2 aliphatic carbocycles. The van der Waals surface area contributed by atoms with Gasteiger partial charge < -0.3 is 0 Å². The van der Waals surface area contributed by atoms with Crippen LogP contribution < -0.4 is 0 Å². The quantitative estimate of drug-likeness (QED) is 0.659. The summed E-state index contributed by atoms with van der Waals surface area (Å²) in [5.74, 6) is 0. The molecule has 2 rings (SSSR count). The van der Waals surface area contributed by atoms with Crippen LogP contribution in [0.3, 0.4) is 0 Å². The zero-order chi connectivity index (χ0) is 7.52. The second-order valence-corrected chi connectivity index (χ2v) is 4.22. The van der Waals surface area contributed by atoms with E-state index in [1.165, 1.54) is 14.7 Å². The predicted octanol–water partition coefficient (Wildman–Crippen LogP) is 2.90. The van der Waals surface area contributed by atoms with E-state index < -0.39 is 0 Å². The van der Waals surface area contributed by atoms with E-state index in [1.54, 1.807) is 0 Å². The summed E-state index contributed by atoms with van der Waals surface area (Å²) in [6, 6.07) is 0. The number of hydrogen-bond acceptors (Lipinski definition) is 0. The minimum Gasteiger partial charge on any atom is 0 e. The Labute approximate surface area is 89.4 Å². The van der Waals surface area contributed by atoms with Crippen LogP contribution >= 0.6 is 0 Å². The molecule has 0 saturated carbocycles. The Morgan fingerprint density at radius 3 is 1.33 bits per heavy atom. The Hall–Kier alpha value is -0.0400. The van der Waals surface area contributed by atoms with Gasteiger partial charge in [0.2, 0.25) is 0 Å². The first kappa shape index (κ1) is 10.0. The fourth-order valence-corrected chi connectivity index (χ4v) is 2.47. The third kappa shape index (κ3) is 2.48. The van der Waals surface area contributed by atoms with Crippen LogP contribution in [0, 0.1) is 0 Å². The maximum atomic E-state index is 2.25. The van der Waals surface area contributed by atoms with Gasteiger partial charge in [0.05, 0.1) is 0 Å². The fraction of sp³-hybridized carbons (Fsp3) is 0.200. The van der Waals surface area contributed by atoms with Crippen LogP contribution in [-0.2, 0) is 31.2 Å². The summed E-state index contributed by atoms with van der Waals surface area (Å²) in [5, 5.41) is 0. The van der Waals surface area contributed by atoms with Gasteiger partial charge in [-0.15, -0.1) is 0 Å². The maximum Gasteiger partial charge on any atom is 0 e. The first-order chi connectivity index (χ1) is 5.45. The molecule has 0 bridgehead atoms. The average Bonchev–Trinajstić information content (AvgIpc) is 2.60. The van der Waals surface area contributed by atoms with Crippen molar-refractivity contribution in [3.05, 3.63) is 48.6 Å². The van der Waals surface area contributed by atoms with Crippen LogP contribution in [0.25, 0.3) is 0 Å². The molecule has 12 heavy (non-hydrogen) atoms. The molecule has 0 aromatic rings. The monoisotopic (exact) mass is 247 g/mol. The van der Waals surface area contributed by atoms with Gasteiger partial charge >= 0.3 is 73.0 Å². The van der Waals surface area contributed by atoms with Crippen molar-refractivity contribution in [2.75, 3.05) is 0 Å². The van der Waals surface area contributed by atoms with Gasteiger partial charge in [0.1, 0.15) is 0 Å². The van der Waals surface area contributed by atoms with Gasteiger partial charge in [-0.25, -0.2) is 0 Å². The van der Waals surface area contributed by atoms with Gasteiger partial charge in [0, 0.05) is 16.5 Å². The van der Waals surface area contributed by atoms with E-state index >= 15 is 0 Å². The van der Waals surface area contributed by atoms with Gasteiger partial charge in [-0.05, 0) is 0 Å². The molecule has 0 aliphatic heterocycles. The molecule has 0 saturated heterocycles. The van der Waals surface area contributed by atoms with Crippen molar-refractivity contribution in [3.63, 3.8) is 0 Å². The molecular formula is C10H10CoNi. The van der Waals surface area contributed by atoms with Crippen LogP contribution in [0.2, 0.25) is 9.70 Å². The maximum absolute atomic E-state index is 2.25. The second-order valence-electron chi connectivity index (χ2n) is 2.48.